The van der Waals surface area contributed by atoms with Crippen molar-refractivity contribution in [2.24, 2.45) is 0 Å². The van der Waals surface area contributed by atoms with Gasteiger partial charge in [-0.25, -0.2) is 8.78 Å². The molecule has 0 heterocycles. The molecule has 0 radical (unpaired) electrons. The van der Waals surface area contributed by atoms with Gasteiger partial charge in [-0.15, -0.1) is 0 Å². The van der Waals surface area contributed by atoms with Gasteiger partial charge in [-0.2, -0.15) is 0 Å². The quantitative estimate of drug-likeness (QED) is 0.830. The number of ether oxygens (including phenoxy) is 1. The van der Waals surface area contributed by atoms with Gasteiger partial charge in [0.05, 0.1) is 6.61 Å². The molecule has 2 aromatic carbocycles. The first-order chi connectivity index (χ1) is 10.2. The van der Waals surface area contributed by atoms with Gasteiger partial charge < -0.3 is 10.1 Å². The van der Waals surface area contributed by atoms with Crippen molar-refractivity contribution in [3.05, 3.63) is 65.7 Å². The smallest absolute Gasteiger partial charge is 0.257 e. The fraction of sp³-hybridized carbons (Fsp3) is 0.188. The summed E-state index contributed by atoms with van der Waals surface area (Å²) in [5.74, 6) is -1.75. The largest absolute Gasteiger partial charge is 0.494 e. The molecule has 0 bridgehead atoms. The molecule has 0 atom stereocenters. The van der Waals surface area contributed by atoms with Crippen LogP contribution < -0.4 is 10.1 Å². The number of carbonyl (C=O) groups is 1. The monoisotopic (exact) mass is 291 g/mol. The van der Waals surface area contributed by atoms with E-state index in [1.54, 1.807) is 0 Å². The first kappa shape index (κ1) is 15.0. The molecule has 2 rings (SSSR count). The average molecular weight is 291 g/mol. The number of amides is 1. The number of nitrogens with one attached hydrogen (secondary N) is 1. The third kappa shape index (κ3) is 4.27. The zero-order chi connectivity index (χ0) is 15.1. The lowest BCUT2D eigenvalue weighted by Gasteiger charge is -2.08. The van der Waals surface area contributed by atoms with Crippen molar-refractivity contribution in [2.75, 3.05) is 13.2 Å². The molecule has 0 fully saturated rings. The second-order valence-electron chi connectivity index (χ2n) is 4.37. The van der Waals surface area contributed by atoms with Crippen LogP contribution in [-0.2, 0) is 0 Å². The molecule has 0 aliphatic carbocycles. The Labute approximate surface area is 121 Å². The maximum atomic E-state index is 13.4. The van der Waals surface area contributed by atoms with E-state index in [1.165, 1.54) is 6.07 Å². The van der Waals surface area contributed by atoms with Gasteiger partial charge in [0.1, 0.15) is 22.9 Å². The van der Waals surface area contributed by atoms with E-state index < -0.39 is 23.1 Å². The molecule has 110 valence electrons. The molecule has 21 heavy (non-hydrogen) atoms. The molecule has 2 aromatic rings. The molecule has 1 amide bonds. The maximum absolute atomic E-state index is 13.4. The van der Waals surface area contributed by atoms with E-state index in [9.17, 15) is 13.6 Å². The molecule has 0 aliphatic rings. The molecule has 0 saturated heterocycles. The summed E-state index contributed by atoms with van der Waals surface area (Å²) in [6.45, 7) is 0.684. The van der Waals surface area contributed by atoms with Crippen LogP contribution in [0.4, 0.5) is 8.78 Å². The molecule has 0 aliphatic heterocycles. The molecular weight excluding hydrogens is 276 g/mol. The van der Waals surface area contributed by atoms with Crippen molar-refractivity contribution in [3.8, 4) is 5.75 Å². The van der Waals surface area contributed by atoms with Gasteiger partial charge in [0.25, 0.3) is 5.91 Å². The predicted octanol–water partition coefficient (Wildman–Crippen LogP) is 3.16. The highest BCUT2D eigenvalue weighted by Gasteiger charge is 2.16. The predicted molar refractivity (Wildman–Crippen MR) is 75.2 cm³/mol. The Kier molecular flexibility index (Phi) is 5.26. The average Bonchev–Trinajstić information content (AvgIpc) is 2.48. The Morgan fingerprint density at radius 2 is 1.67 bits per heavy atom. The summed E-state index contributed by atoms with van der Waals surface area (Å²) in [5, 5.41) is 2.47. The van der Waals surface area contributed by atoms with Crippen molar-refractivity contribution in [1.82, 2.24) is 5.32 Å². The van der Waals surface area contributed by atoms with E-state index in [1.807, 2.05) is 30.3 Å². The lowest BCUT2D eigenvalue weighted by Crippen LogP contribution is -2.27. The van der Waals surface area contributed by atoms with Crippen LogP contribution in [0.2, 0.25) is 0 Å². The Bertz CT molecular complexity index is 582. The molecule has 5 heteroatoms. The summed E-state index contributed by atoms with van der Waals surface area (Å²) in [6, 6.07) is 12.6. The van der Waals surface area contributed by atoms with Crippen LogP contribution in [-0.4, -0.2) is 19.1 Å². The van der Waals surface area contributed by atoms with Crippen LogP contribution in [0.15, 0.2) is 48.5 Å². The zero-order valence-electron chi connectivity index (χ0n) is 11.3. The fourth-order valence-electron chi connectivity index (χ4n) is 1.78. The standard InChI is InChI=1S/C16H15F2NO2/c17-13-8-4-9-14(18)15(13)16(20)19-10-5-11-21-12-6-2-1-3-7-12/h1-4,6-9H,5,10-11H2,(H,19,20). The van der Waals surface area contributed by atoms with Gasteiger partial charge in [0.2, 0.25) is 0 Å². The summed E-state index contributed by atoms with van der Waals surface area (Å²) in [7, 11) is 0. The molecule has 0 saturated carbocycles. The Morgan fingerprint density at radius 3 is 2.33 bits per heavy atom. The zero-order valence-corrected chi connectivity index (χ0v) is 11.3. The second-order valence-corrected chi connectivity index (χ2v) is 4.37. The van der Waals surface area contributed by atoms with Crippen LogP contribution in [0.5, 0.6) is 5.75 Å². The normalized spacial score (nSPS) is 10.2. The Morgan fingerprint density at radius 1 is 1.00 bits per heavy atom. The molecule has 3 nitrogen and oxygen atoms in total. The molecular formula is C16H15F2NO2. The van der Waals surface area contributed by atoms with E-state index in [0.29, 0.717) is 13.0 Å². The number of para-hydroxylation sites is 1. The van der Waals surface area contributed by atoms with Crippen LogP contribution in [0.1, 0.15) is 16.8 Å². The first-order valence-corrected chi connectivity index (χ1v) is 6.58. The van der Waals surface area contributed by atoms with Crippen LogP contribution in [0, 0.1) is 11.6 Å². The van der Waals surface area contributed by atoms with Crippen LogP contribution in [0.25, 0.3) is 0 Å². The fourth-order valence-corrected chi connectivity index (χ4v) is 1.78. The highest BCUT2D eigenvalue weighted by molar-refractivity contribution is 5.94. The summed E-state index contributed by atoms with van der Waals surface area (Å²) < 4.78 is 32.2. The third-order valence-electron chi connectivity index (χ3n) is 2.81. The molecule has 0 unspecified atom stereocenters. The number of benzene rings is 2. The highest BCUT2D eigenvalue weighted by Crippen LogP contribution is 2.11. The minimum Gasteiger partial charge on any atom is -0.494 e. The summed E-state index contributed by atoms with van der Waals surface area (Å²) in [5.41, 5.74) is -0.554. The SMILES string of the molecule is O=C(NCCCOc1ccccc1)c1c(F)cccc1F. The topological polar surface area (TPSA) is 38.3 Å². The lowest BCUT2D eigenvalue weighted by atomic mass is 10.2. The van der Waals surface area contributed by atoms with E-state index in [-0.39, 0.29) is 6.54 Å². The van der Waals surface area contributed by atoms with Crippen LogP contribution in [0.3, 0.4) is 0 Å². The maximum Gasteiger partial charge on any atom is 0.257 e. The summed E-state index contributed by atoms with van der Waals surface area (Å²) in [6.07, 6.45) is 0.538. The Balaban J connectivity index is 1.75. The number of carbonyl (C=O) groups excluding carboxylic acids is 1. The van der Waals surface area contributed by atoms with Crippen molar-refractivity contribution < 1.29 is 18.3 Å². The van der Waals surface area contributed by atoms with Crippen molar-refractivity contribution in [1.29, 1.82) is 0 Å². The number of rotatable bonds is 6. The highest BCUT2D eigenvalue weighted by atomic mass is 19.1. The van der Waals surface area contributed by atoms with E-state index in [0.717, 1.165) is 17.9 Å². The van der Waals surface area contributed by atoms with E-state index in [4.69, 9.17) is 4.74 Å². The number of hydrogen-bond acceptors (Lipinski definition) is 2. The van der Waals surface area contributed by atoms with E-state index in [2.05, 4.69) is 5.32 Å². The molecule has 0 aromatic heterocycles. The Hall–Kier alpha value is -2.43. The van der Waals surface area contributed by atoms with Gasteiger partial charge in [-0.1, -0.05) is 24.3 Å². The van der Waals surface area contributed by atoms with Gasteiger partial charge in [0.15, 0.2) is 0 Å². The second kappa shape index (κ2) is 7.38. The minimum absolute atomic E-state index is 0.277. The number of hydrogen-bond donors (Lipinski definition) is 1. The van der Waals surface area contributed by atoms with Gasteiger partial charge in [-0.3, -0.25) is 4.79 Å². The minimum atomic E-state index is -0.868. The summed E-state index contributed by atoms with van der Waals surface area (Å²) in [4.78, 5) is 11.7. The van der Waals surface area contributed by atoms with Crippen LogP contribution >= 0.6 is 0 Å². The lowest BCUT2D eigenvalue weighted by molar-refractivity contribution is 0.0943. The molecule has 1 N–H and O–H groups in total. The van der Waals surface area contributed by atoms with Gasteiger partial charge in [-0.05, 0) is 30.7 Å². The summed E-state index contributed by atoms with van der Waals surface area (Å²) >= 11 is 0. The van der Waals surface area contributed by atoms with E-state index >= 15 is 0 Å². The van der Waals surface area contributed by atoms with Gasteiger partial charge >= 0.3 is 0 Å². The number of halogens is 2. The molecule has 0 spiro atoms. The van der Waals surface area contributed by atoms with Gasteiger partial charge in [0, 0.05) is 6.54 Å². The van der Waals surface area contributed by atoms with Crippen molar-refractivity contribution >= 4 is 5.91 Å². The third-order valence-corrected chi connectivity index (χ3v) is 2.81. The first-order valence-electron chi connectivity index (χ1n) is 6.58. The van der Waals surface area contributed by atoms with Crippen molar-refractivity contribution in [3.63, 3.8) is 0 Å². The van der Waals surface area contributed by atoms with Crippen molar-refractivity contribution in [2.45, 2.75) is 6.42 Å².